The van der Waals surface area contributed by atoms with Crippen LogP contribution >= 0.6 is 0 Å². The highest BCUT2D eigenvalue weighted by molar-refractivity contribution is 5.91. The van der Waals surface area contributed by atoms with Crippen molar-refractivity contribution in [3.63, 3.8) is 0 Å². The Morgan fingerprint density at radius 3 is 2.87 bits per heavy atom. The molecule has 3 N–H and O–H groups in total. The smallest absolute Gasteiger partial charge is 0.407 e. The third-order valence-corrected chi connectivity index (χ3v) is 4.68. The molecule has 2 amide bonds. The molecule has 1 spiro atoms. The first-order valence-electron chi connectivity index (χ1n) is 7.93. The van der Waals surface area contributed by atoms with Crippen molar-refractivity contribution in [2.24, 2.45) is 5.41 Å². The summed E-state index contributed by atoms with van der Waals surface area (Å²) in [7, 11) is 1.51. The minimum Gasteiger partial charge on any atom is -0.446 e. The Morgan fingerprint density at radius 2 is 2.17 bits per heavy atom. The summed E-state index contributed by atoms with van der Waals surface area (Å²) in [4.78, 5) is 23.2. The fourth-order valence-corrected chi connectivity index (χ4v) is 3.34. The van der Waals surface area contributed by atoms with Crippen molar-refractivity contribution in [3.8, 4) is 0 Å². The molecule has 2 aliphatic rings. The number of rotatable bonds is 4. The second-order valence-electron chi connectivity index (χ2n) is 6.30. The van der Waals surface area contributed by atoms with Gasteiger partial charge in [0.2, 0.25) is 0 Å². The number of piperidine rings is 1. The molecule has 2 heterocycles. The lowest BCUT2D eigenvalue weighted by Gasteiger charge is -2.49. The summed E-state index contributed by atoms with van der Waals surface area (Å²) in [6.07, 6.45) is 3.76. The molecule has 2 fully saturated rings. The maximum Gasteiger partial charge on any atom is 0.407 e. The first-order valence-corrected chi connectivity index (χ1v) is 7.93. The van der Waals surface area contributed by atoms with Crippen molar-refractivity contribution in [1.29, 1.82) is 0 Å². The van der Waals surface area contributed by atoms with Gasteiger partial charge >= 0.3 is 6.09 Å². The third kappa shape index (κ3) is 3.64. The Balaban J connectivity index is 1.39. The molecule has 0 radical (unpaired) electrons. The van der Waals surface area contributed by atoms with E-state index in [1.54, 1.807) is 0 Å². The standard InChI is InChI=1S/C15H22N4O4/c1-16-13(20)12-6-10(23-19-12)9-18-14(21)22-11-7-15(8-11)2-4-17-5-3-15/h6,11,17H,2-5,7-9H2,1H3,(H,16,20)(H,18,21). The van der Waals surface area contributed by atoms with E-state index in [0.717, 1.165) is 38.8 Å². The van der Waals surface area contributed by atoms with Crippen molar-refractivity contribution in [3.05, 3.63) is 17.5 Å². The zero-order chi connectivity index (χ0) is 16.3. The predicted octanol–water partition coefficient (Wildman–Crippen LogP) is 0.793. The second kappa shape index (κ2) is 6.57. The van der Waals surface area contributed by atoms with E-state index in [1.165, 1.54) is 13.1 Å². The van der Waals surface area contributed by atoms with E-state index in [2.05, 4.69) is 21.1 Å². The predicted molar refractivity (Wildman–Crippen MR) is 80.8 cm³/mol. The van der Waals surface area contributed by atoms with E-state index in [9.17, 15) is 9.59 Å². The van der Waals surface area contributed by atoms with Crippen molar-refractivity contribution in [2.45, 2.75) is 38.3 Å². The van der Waals surface area contributed by atoms with Crippen LogP contribution in [0.15, 0.2) is 10.6 Å². The molecule has 1 aromatic heterocycles. The van der Waals surface area contributed by atoms with E-state index in [1.807, 2.05) is 0 Å². The minimum atomic E-state index is -0.461. The topological polar surface area (TPSA) is 105 Å². The Hall–Kier alpha value is -2.09. The van der Waals surface area contributed by atoms with E-state index >= 15 is 0 Å². The SMILES string of the molecule is CNC(=O)c1cc(CNC(=O)OC2CC3(CCNCC3)C2)on1. The zero-order valence-electron chi connectivity index (χ0n) is 13.2. The van der Waals surface area contributed by atoms with Gasteiger partial charge in [0.1, 0.15) is 6.10 Å². The van der Waals surface area contributed by atoms with Crippen LogP contribution < -0.4 is 16.0 Å². The molecule has 126 valence electrons. The molecule has 8 heteroatoms. The van der Waals surface area contributed by atoms with Gasteiger partial charge in [0.05, 0.1) is 6.54 Å². The molecule has 1 aliphatic heterocycles. The highest BCUT2D eigenvalue weighted by Crippen LogP contribution is 2.49. The minimum absolute atomic E-state index is 0.00394. The fourth-order valence-electron chi connectivity index (χ4n) is 3.34. The number of nitrogens with zero attached hydrogens (tertiary/aromatic N) is 1. The molecule has 0 atom stereocenters. The number of aromatic nitrogens is 1. The Bertz CT molecular complexity index is 572. The summed E-state index contributed by atoms with van der Waals surface area (Å²) in [5.74, 6) is 0.0771. The van der Waals surface area contributed by atoms with Gasteiger partial charge in [-0.25, -0.2) is 4.79 Å². The Morgan fingerprint density at radius 1 is 1.43 bits per heavy atom. The van der Waals surface area contributed by atoms with Gasteiger partial charge in [-0.3, -0.25) is 4.79 Å². The van der Waals surface area contributed by atoms with E-state index in [-0.39, 0.29) is 24.2 Å². The van der Waals surface area contributed by atoms with Crippen molar-refractivity contribution in [1.82, 2.24) is 21.1 Å². The van der Waals surface area contributed by atoms with Crippen LogP contribution in [0.3, 0.4) is 0 Å². The summed E-state index contributed by atoms with van der Waals surface area (Å²) in [5, 5.41) is 12.0. The molecule has 0 unspecified atom stereocenters. The zero-order valence-corrected chi connectivity index (χ0v) is 13.2. The first kappa shape index (κ1) is 15.8. The lowest BCUT2D eigenvalue weighted by molar-refractivity contribution is -0.0577. The number of amides is 2. The number of carbonyl (C=O) groups excluding carboxylic acids is 2. The molecule has 3 rings (SSSR count). The summed E-state index contributed by atoms with van der Waals surface area (Å²) in [6.45, 7) is 2.25. The largest absolute Gasteiger partial charge is 0.446 e. The van der Waals surface area contributed by atoms with Gasteiger partial charge in [0.25, 0.3) is 5.91 Å². The van der Waals surface area contributed by atoms with Gasteiger partial charge < -0.3 is 25.2 Å². The average Bonchev–Trinajstić information content (AvgIpc) is 3.00. The van der Waals surface area contributed by atoms with Crippen LogP contribution in [0.2, 0.25) is 0 Å². The van der Waals surface area contributed by atoms with Gasteiger partial charge in [0, 0.05) is 13.1 Å². The lowest BCUT2D eigenvalue weighted by atomic mass is 9.62. The molecule has 0 aromatic carbocycles. The summed E-state index contributed by atoms with van der Waals surface area (Å²) in [5.41, 5.74) is 0.563. The third-order valence-electron chi connectivity index (χ3n) is 4.68. The van der Waals surface area contributed by atoms with Gasteiger partial charge in [-0.15, -0.1) is 0 Å². The lowest BCUT2D eigenvalue weighted by Crippen LogP contribution is -2.49. The summed E-state index contributed by atoms with van der Waals surface area (Å²) in [6, 6.07) is 1.49. The van der Waals surface area contributed by atoms with Crippen molar-refractivity contribution in [2.75, 3.05) is 20.1 Å². The van der Waals surface area contributed by atoms with Gasteiger partial charge in [-0.05, 0) is 44.2 Å². The van der Waals surface area contributed by atoms with Crippen LogP contribution in [0.1, 0.15) is 41.9 Å². The quantitative estimate of drug-likeness (QED) is 0.757. The van der Waals surface area contributed by atoms with Crippen LogP contribution in [-0.2, 0) is 11.3 Å². The van der Waals surface area contributed by atoms with Crippen LogP contribution in [-0.4, -0.2) is 43.4 Å². The molecule has 0 bridgehead atoms. The molecular formula is C15H22N4O4. The first-order chi connectivity index (χ1) is 11.1. The molecule has 1 saturated heterocycles. The molecule has 1 aliphatic carbocycles. The normalized spacial score (nSPS) is 19.9. The van der Waals surface area contributed by atoms with E-state index in [4.69, 9.17) is 9.26 Å². The van der Waals surface area contributed by atoms with Crippen molar-refractivity contribution < 1.29 is 18.8 Å². The van der Waals surface area contributed by atoms with Gasteiger partial charge in [-0.2, -0.15) is 0 Å². The number of hydrogen-bond donors (Lipinski definition) is 3. The van der Waals surface area contributed by atoms with Crippen LogP contribution in [0.5, 0.6) is 0 Å². The monoisotopic (exact) mass is 322 g/mol. The van der Waals surface area contributed by atoms with Gasteiger partial charge in [-0.1, -0.05) is 5.16 Å². The average molecular weight is 322 g/mol. The fraction of sp³-hybridized carbons (Fsp3) is 0.667. The van der Waals surface area contributed by atoms with Crippen LogP contribution in [0.4, 0.5) is 4.79 Å². The highest BCUT2D eigenvalue weighted by atomic mass is 16.6. The van der Waals surface area contributed by atoms with Gasteiger partial charge in [0.15, 0.2) is 11.5 Å². The number of nitrogens with one attached hydrogen (secondary N) is 3. The summed E-state index contributed by atoms with van der Waals surface area (Å²) < 4.78 is 10.4. The molecule has 1 saturated carbocycles. The molecule has 8 nitrogen and oxygen atoms in total. The number of alkyl carbamates (subject to hydrolysis) is 1. The van der Waals surface area contributed by atoms with Crippen LogP contribution in [0, 0.1) is 5.41 Å². The number of hydrogen-bond acceptors (Lipinski definition) is 6. The van der Waals surface area contributed by atoms with E-state index < -0.39 is 6.09 Å². The Labute approximate surface area is 134 Å². The van der Waals surface area contributed by atoms with Crippen LogP contribution in [0.25, 0.3) is 0 Å². The maximum absolute atomic E-state index is 11.8. The Kier molecular flexibility index (Phi) is 4.51. The number of ether oxygens (including phenoxy) is 1. The molecular weight excluding hydrogens is 300 g/mol. The maximum atomic E-state index is 11.8. The number of carbonyl (C=O) groups is 2. The second-order valence-corrected chi connectivity index (χ2v) is 6.30. The highest BCUT2D eigenvalue weighted by Gasteiger charge is 2.46. The summed E-state index contributed by atoms with van der Waals surface area (Å²) >= 11 is 0. The van der Waals surface area contributed by atoms with E-state index in [0.29, 0.717) is 11.2 Å². The molecule has 23 heavy (non-hydrogen) atoms. The van der Waals surface area contributed by atoms with Crippen molar-refractivity contribution >= 4 is 12.0 Å². The molecule has 1 aromatic rings.